The molecule has 0 radical (unpaired) electrons. The minimum absolute atomic E-state index is 0.439. The lowest BCUT2D eigenvalue weighted by molar-refractivity contribution is 0.304. The third kappa shape index (κ3) is 5.01. The summed E-state index contributed by atoms with van der Waals surface area (Å²) >= 11 is 0. The predicted octanol–water partition coefficient (Wildman–Crippen LogP) is 4.35. The number of sulfonamides is 1. The zero-order valence-corrected chi connectivity index (χ0v) is 19.2. The first-order valence-electron chi connectivity index (χ1n) is 10.6. The second kappa shape index (κ2) is 9.15. The Morgan fingerprint density at radius 1 is 1.06 bits per heavy atom. The lowest BCUT2D eigenvalue weighted by atomic mass is 9.91. The molecule has 1 heterocycles. The molecule has 0 bridgehead atoms. The molecule has 0 fully saturated rings. The Balaban J connectivity index is 1.50. The number of nitriles is 1. The SMILES string of the molecule is Cc1ccc(Cc2cccc3c2CCN(S(C)(=O)=O)C3)cc1OCc1ccc(C#N)cc1. The van der Waals surface area contributed by atoms with Crippen molar-refractivity contribution in [3.05, 3.63) is 99.6 Å². The highest BCUT2D eigenvalue weighted by molar-refractivity contribution is 7.88. The number of hydrogen-bond acceptors (Lipinski definition) is 4. The molecular formula is C26H26N2O3S. The second-order valence-corrected chi connectivity index (χ2v) is 10.3. The fraction of sp³-hybridized carbons (Fsp3) is 0.269. The summed E-state index contributed by atoms with van der Waals surface area (Å²) in [5, 5.41) is 8.94. The van der Waals surface area contributed by atoms with Crippen LogP contribution in [0.15, 0.2) is 60.7 Å². The van der Waals surface area contributed by atoms with Gasteiger partial charge >= 0.3 is 0 Å². The van der Waals surface area contributed by atoms with Crippen molar-refractivity contribution in [3.8, 4) is 11.8 Å². The fourth-order valence-electron chi connectivity index (χ4n) is 4.08. The van der Waals surface area contributed by atoms with Crippen LogP contribution in [0, 0.1) is 18.3 Å². The molecule has 5 nitrogen and oxygen atoms in total. The normalized spacial score (nSPS) is 13.9. The van der Waals surface area contributed by atoms with Crippen LogP contribution in [-0.4, -0.2) is 25.5 Å². The Bertz CT molecular complexity index is 1280. The highest BCUT2D eigenvalue weighted by atomic mass is 32.2. The summed E-state index contributed by atoms with van der Waals surface area (Å²) in [4.78, 5) is 0. The molecule has 0 saturated heterocycles. The molecule has 4 rings (SSSR count). The zero-order chi connectivity index (χ0) is 22.7. The summed E-state index contributed by atoms with van der Waals surface area (Å²) in [5.74, 6) is 0.847. The third-order valence-corrected chi connectivity index (χ3v) is 7.17. The van der Waals surface area contributed by atoms with E-state index in [2.05, 4.69) is 30.3 Å². The van der Waals surface area contributed by atoms with E-state index in [1.165, 1.54) is 17.4 Å². The van der Waals surface area contributed by atoms with Crippen molar-refractivity contribution in [1.82, 2.24) is 4.31 Å². The van der Waals surface area contributed by atoms with Gasteiger partial charge in [-0.3, -0.25) is 0 Å². The third-order valence-electron chi connectivity index (χ3n) is 5.92. The quantitative estimate of drug-likeness (QED) is 0.564. The summed E-state index contributed by atoms with van der Waals surface area (Å²) in [6.07, 6.45) is 2.77. The molecule has 1 aliphatic rings. The van der Waals surface area contributed by atoms with Crippen molar-refractivity contribution in [1.29, 1.82) is 5.26 Å². The summed E-state index contributed by atoms with van der Waals surface area (Å²) in [5.41, 5.74) is 7.46. The van der Waals surface area contributed by atoms with E-state index >= 15 is 0 Å². The van der Waals surface area contributed by atoms with Crippen LogP contribution < -0.4 is 4.74 Å². The molecule has 0 aliphatic carbocycles. The van der Waals surface area contributed by atoms with Crippen molar-refractivity contribution >= 4 is 10.0 Å². The topological polar surface area (TPSA) is 70.4 Å². The van der Waals surface area contributed by atoms with E-state index in [-0.39, 0.29) is 0 Å². The number of hydrogen-bond donors (Lipinski definition) is 0. The van der Waals surface area contributed by atoms with E-state index in [1.54, 1.807) is 16.4 Å². The van der Waals surface area contributed by atoms with Gasteiger partial charge in [-0.25, -0.2) is 8.42 Å². The molecule has 0 amide bonds. The van der Waals surface area contributed by atoms with Gasteiger partial charge in [0.1, 0.15) is 12.4 Å². The van der Waals surface area contributed by atoms with E-state index in [0.717, 1.165) is 40.8 Å². The van der Waals surface area contributed by atoms with Gasteiger partial charge in [-0.2, -0.15) is 9.57 Å². The van der Waals surface area contributed by atoms with Crippen molar-refractivity contribution < 1.29 is 13.2 Å². The van der Waals surface area contributed by atoms with E-state index in [1.807, 2.05) is 31.2 Å². The number of nitrogens with zero attached hydrogens (tertiary/aromatic N) is 2. The van der Waals surface area contributed by atoms with Crippen LogP contribution in [0.4, 0.5) is 0 Å². The summed E-state index contributed by atoms with van der Waals surface area (Å²) in [6, 6.07) is 22.0. The maximum atomic E-state index is 11.9. The molecule has 0 N–H and O–H groups in total. The van der Waals surface area contributed by atoms with Gasteiger partial charge in [-0.15, -0.1) is 0 Å². The summed E-state index contributed by atoms with van der Waals surface area (Å²) in [6.45, 7) is 3.44. The van der Waals surface area contributed by atoms with E-state index < -0.39 is 10.0 Å². The molecular weight excluding hydrogens is 420 g/mol. The van der Waals surface area contributed by atoms with Gasteiger partial charge in [0.2, 0.25) is 10.0 Å². The number of rotatable bonds is 6. The van der Waals surface area contributed by atoms with Crippen LogP contribution in [-0.2, 0) is 36.0 Å². The molecule has 0 aromatic heterocycles. The molecule has 1 aliphatic heterocycles. The largest absolute Gasteiger partial charge is 0.489 e. The molecule has 164 valence electrons. The van der Waals surface area contributed by atoms with Gasteiger partial charge in [0.15, 0.2) is 0 Å². The van der Waals surface area contributed by atoms with Gasteiger partial charge in [0, 0.05) is 13.1 Å². The zero-order valence-electron chi connectivity index (χ0n) is 18.3. The van der Waals surface area contributed by atoms with Crippen LogP contribution in [0.5, 0.6) is 5.75 Å². The summed E-state index contributed by atoms with van der Waals surface area (Å²) in [7, 11) is -3.18. The maximum Gasteiger partial charge on any atom is 0.211 e. The Labute approximate surface area is 189 Å². The standard InChI is InChI=1S/C26H26N2O3S/c1-19-6-7-22(15-26(19)31-18-21-10-8-20(16-27)9-11-21)14-23-4-3-5-24-17-28(32(2,29)30)13-12-25(23)24/h3-11,15H,12-14,17-18H2,1-2H3. The van der Waals surface area contributed by atoms with Gasteiger partial charge in [0.25, 0.3) is 0 Å². The highest BCUT2D eigenvalue weighted by Crippen LogP contribution is 2.28. The van der Waals surface area contributed by atoms with Gasteiger partial charge in [-0.1, -0.05) is 42.5 Å². The summed E-state index contributed by atoms with van der Waals surface area (Å²) < 4.78 is 31.5. The van der Waals surface area contributed by atoms with Gasteiger partial charge in [0.05, 0.1) is 17.9 Å². The Hall–Kier alpha value is -3.14. The van der Waals surface area contributed by atoms with Crippen molar-refractivity contribution in [2.45, 2.75) is 32.9 Å². The lowest BCUT2D eigenvalue weighted by Gasteiger charge is -2.28. The van der Waals surface area contributed by atoms with Crippen LogP contribution in [0.3, 0.4) is 0 Å². The highest BCUT2D eigenvalue weighted by Gasteiger charge is 2.24. The monoisotopic (exact) mass is 446 g/mol. The van der Waals surface area contributed by atoms with Crippen molar-refractivity contribution in [2.24, 2.45) is 0 Å². The smallest absolute Gasteiger partial charge is 0.211 e. The van der Waals surface area contributed by atoms with E-state index in [9.17, 15) is 8.42 Å². The molecule has 0 saturated carbocycles. The average molecular weight is 447 g/mol. The Morgan fingerprint density at radius 3 is 2.53 bits per heavy atom. The minimum Gasteiger partial charge on any atom is -0.489 e. The van der Waals surface area contributed by atoms with Crippen LogP contribution in [0.2, 0.25) is 0 Å². The maximum absolute atomic E-state index is 11.9. The number of ether oxygens (including phenoxy) is 1. The fourth-order valence-corrected chi connectivity index (χ4v) is 4.87. The molecule has 3 aromatic rings. The number of aryl methyl sites for hydroxylation is 1. The molecule has 0 atom stereocenters. The molecule has 0 unspecified atom stereocenters. The molecule has 3 aromatic carbocycles. The van der Waals surface area contributed by atoms with E-state index in [4.69, 9.17) is 10.00 Å². The Kier molecular flexibility index (Phi) is 6.31. The Morgan fingerprint density at radius 2 is 1.81 bits per heavy atom. The van der Waals surface area contributed by atoms with Crippen LogP contribution in [0.25, 0.3) is 0 Å². The van der Waals surface area contributed by atoms with Crippen LogP contribution >= 0.6 is 0 Å². The second-order valence-electron chi connectivity index (χ2n) is 8.28. The van der Waals surface area contributed by atoms with Gasteiger partial charge in [-0.05, 0) is 71.3 Å². The number of benzene rings is 3. The first kappa shape index (κ1) is 22.1. The lowest BCUT2D eigenvalue weighted by Crippen LogP contribution is -2.35. The minimum atomic E-state index is -3.18. The first-order valence-corrected chi connectivity index (χ1v) is 12.4. The molecule has 6 heteroatoms. The first-order chi connectivity index (χ1) is 15.3. The van der Waals surface area contributed by atoms with E-state index in [0.29, 0.717) is 25.3 Å². The predicted molar refractivity (Wildman–Crippen MR) is 125 cm³/mol. The van der Waals surface area contributed by atoms with Gasteiger partial charge < -0.3 is 4.74 Å². The molecule has 0 spiro atoms. The van der Waals surface area contributed by atoms with Crippen molar-refractivity contribution in [3.63, 3.8) is 0 Å². The van der Waals surface area contributed by atoms with Crippen molar-refractivity contribution in [2.75, 3.05) is 12.8 Å². The molecule has 32 heavy (non-hydrogen) atoms. The van der Waals surface area contributed by atoms with Crippen LogP contribution in [0.1, 0.15) is 38.9 Å². The number of fused-ring (bicyclic) bond motifs is 1. The average Bonchev–Trinajstić information content (AvgIpc) is 2.79.